The lowest BCUT2D eigenvalue weighted by molar-refractivity contribution is 0.120. The van der Waals surface area contributed by atoms with E-state index in [4.69, 9.17) is 0 Å². The van der Waals surface area contributed by atoms with Gasteiger partial charge >= 0.3 is 0 Å². The average Bonchev–Trinajstić information content (AvgIpc) is 3.71. The van der Waals surface area contributed by atoms with Crippen LogP contribution in [0.4, 0.5) is 27.8 Å². The molecule has 1 aromatic heterocycles. The lowest BCUT2D eigenvalue weighted by Gasteiger charge is -2.57. The number of para-hydroxylation sites is 2. The predicted octanol–water partition coefficient (Wildman–Crippen LogP) is 17.2. The molecule has 0 bridgehead atoms. The molecule has 0 spiro atoms. The smallest absolute Gasteiger partial charge is 0.227 e. The van der Waals surface area contributed by atoms with Crippen LogP contribution in [0.3, 0.4) is 0 Å². The molecule has 0 amide bonds. The molecule has 3 unspecified atom stereocenters. The topological polar surface area (TPSA) is 9.72 Å². The van der Waals surface area contributed by atoms with Crippen molar-refractivity contribution in [1.82, 2.24) is 0 Å². The zero-order valence-electron chi connectivity index (χ0n) is 43.9. The Hall–Kier alpha value is -5.52. The van der Waals surface area contributed by atoms with Crippen molar-refractivity contribution in [2.75, 3.05) is 14.7 Å². The molecule has 0 N–H and O–H groups in total. The number of anilines is 5. The van der Waals surface area contributed by atoms with Crippen LogP contribution in [0.5, 0.6) is 0 Å². The highest BCUT2D eigenvalue weighted by Crippen LogP contribution is 2.62. The van der Waals surface area contributed by atoms with Gasteiger partial charge in [-0.1, -0.05) is 166 Å². The van der Waals surface area contributed by atoms with Crippen molar-refractivity contribution in [3.63, 3.8) is 0 Å². The highest BCUT2D eigenvalue weighted by molar-refractivity contribution is 7.25. The van der Waals surface area contributed by atoms with E-state index in [1.807, 2.05) is 11.3 Å². The molecule has 1 fully saturated rings. The van der Waals surface area contributed by atoms with Crippen molar-refractivity contribution >= 4 is 61.3 Å². The highest BCUT2D eigenvalue weighted by Gasteiger charge is 2.57. The van der Waals surface area contributed by atoms with Crippen molar-refractivity contribution in [1.29, 1.82) is 0 Å². The van der Waals surface area contributed by atoms with E-state index >= 15 is 0 Å². The molecule has 6 aliphatic rings. The van der Waals surface area contributed by atoms with Crippen LogP contribution in [-0.2, 0) is 16.2 Å². The highest BCUT2D eigenvalue weighted by atomic mass is 32.1. The molecular formula is C65H72BN3S. The Balaban J connectivity index is 1.21. The van der Waals surface area contributed by atoms with E-state index in [9.17, 15) is 0 Å². The number of aryl methyl sites for hydroxylation is 1. The van der Waals surface area contributed by atoms with Gasteiger partial charge in [0.15, 0.2) is 0 Å². The molecule has 0 radical (unpaired) electrons. The molecule has 3 nitrogen and oxygen atoms in total. The summed E-state index contributed by atoms with van der Waals surface area (Å²) in [7, 11) is 0. The molecule has 6 aromatic rings. The third-order valence-corrected chi connectivity index (χ3v) is 19.4. The molecule has 5 aromatic carbocycles. The summed E-state index contributed by atoms with van der Waals surface area (Å²) in [6, 6.07) is 46.6. The van der Waals surface area contributed by atoms with Crippen LogP contribution in [0.2, 0.25) is 5.82 Å². The van der Waals surface area contributed by atoms with Gasteiger partial charge < -0.3 is 14.7 Å². The fourth-order valence-electron chi connectivity index (χ4n) is 13.9. The van der Waals surface area contributed by atoms with Gasteiger partial charge in [0.2, 0.25) is 6.71 Å². The Morgan fingerprint density at radius 2 is 1.31 bits per heavy atom. The van der Waals surface area contributed by atoms with Gasteiger partial charge in [0, 0.05) is 50.4 Å². The van der Waals surface area contributed by atoms with Gasteiger partial charge in [0.25, 0.3) is 0 Å². The van der Waals surface area contributed by atoms with Crippen LogP contribution < -0.4 is 20.2 Å². The first-order chi connectivity index (χ1) is 33.2. The number of hydrogen-bond acceptors (Lipinski definition) is 4. The van der Waals surface area contributed by atoms with Gasteiger partial charge in [-0.3, -0.25) is 0 Å². The Morgan fingerprint density at radius 1 is 0.671 bits per heavy atom. The molecule has 356 valence electrons. The zero-order chi connectivity index (χ0) is 48.9. The third-order valence-electron chi connectivity index (χ3n) is 18.3. The van der Waals surface area contributed by atoms with E-state index in [1.165, 1.54) is 108 Å². The number of nitrogens with zero attached hydrogens (tertiary/aromatic N) is 3. The summed E-state index contributed by atoms with van der Waals surface area (Å²) in [5.41, 5.74) is 20.1. The fraction of sp³-hybridized carbons (Fsp3) is 0.385. The quantitative estimate of drug-likeness (QED) is 0.160. The Morgan fingerprint density at radius 3 is 1.99 bits per heavy atom. The number of hydrogen-bond donors (Lipinski definition) is 0. The summed E-state index contributed by atoms with van der Waals surface area (Å²) in [5, 5.41) is 2.78. The Labute approximate surface area is 423 Å². The maximum atomic E-state index is 2.91. The third kappa shape index (κ3) is 7.02. The maximum Gasteiger partial charge on any atom is 0.227 e. The molecule has 2 aliphatic heterocycles. The SMILES string of the molecule is Cc1cc(C(C)(C)C)ccc1N1C2=CC(N(c3ccccc3)c3ccccc3)=CC3C2B(C2=C(CC4C(=C2)C(C)(C)CCC4(C)C)N3c2ccc3c(c2)C(C)(C)CCC3(C)C)c2c1sc1ccccc21. The second-order valence-electron chi connectivity index (χ2n) is 25.6. The molecule has 70 heavy (non-hydrogen) atoms. The average molecular weight is 938 g/mol. The minimum absolute atomic E-state index is 0.0181. The first kappa shape index (κ1) is 45.6. The van der Waals surface area contributed by atoms with E-state index < -0.39 is 0 Å². The second-order valence-corrected chi connectivity index (χ2v) is 26.6. The molecule has 0 saturated heterocycles. The minimum Gasteiger partial charge on any atom is -0.339 e. The summed E-state index contributed by atoms with van der Waals surface area (Å²) in [6.07, 6.45) is 14.0. The number of thiophene rings is 1. The summed E-state index contributed by atoms with van der Waals surface area (Å²) in [4.78, 5) is 8.18. The van der Waals surface area contributed by atoms with Gasteiger partial charge in [0.05, 0.1) is 11.0 Å². The molecule has 12 rings (SSSR count). The predicted molar refractivity (Wildman–Crippen MR) is 302 cm³/mol. The van der Waals surface area contributed by atoms with Crippen LogP contribution in [-0.4, -0.2) is 12.8 Å². The second kappa shape index (κ2) is 15.7. The van der Waals surface area contributed by atoms with Crippen molar-refractivity contribution in [3.8, 4) is 0 Å². The van der Waals surface area contributed by atoms with E-state index in [0.29, 0.717) is 5.92 Å². The molecular weight excluding hydrogens is 866 g/mol. The summed E-state index contributed by atoms with van der Waals surface area (Å²) in [6.45, 7) is 29.7. The number of allylic oxidation sites excluding steroid dienone is 5. The van der Waals surface area contributed by atoms with E-state index in [1.54, 1.807) is 11.0 Å². The van der Waals surface area contributed by atoms with Crippen LogP contribution in [0, 0.1) is 23.7 Å². The summed E-state index contributed by atoms with van der Waals surface area (Å²) in [5.74, 6) is 0.577. The largest absolute Gasteiger partial charge is 0.339 e. The first-order valence-electron chi connectivity index (χ1n) is 26.4. The van der Waals surface area contributed by atoms with Crippen LogP contribution in [0.1, 0.15) is 131 Å². The van der Waals surface area contributed by atoms with E-state index in [2.05, 4.69) is 237 Å². The Kier molecular flexibility index (Phi) is 10.3. The Bertz CT molecular complexity index is 3180. The molecule has 4 aliphatic carbocycles. The standard InChI is InChI=1S/C65H72BN3S/c1-41-35-42(61(2,3)4)27-30-53(41)69-56-38-46(67(43-21-15-13-16-22-43)44-23-17-14-18-24-44)37-55-59(56)66(58-47-25-19-20-26-57(47)70-60(58)69)52-39-50-51(65(11,12)34-33-64(50,9)10)40-54(52)68(55)45-28-29-48-49(36-45)63(7,8)32-31-62(48,5)6/h13-30,35-39,51,55,59H,31-34,40H2,1-12H3. The van der Waals surface area contributed by atoms with Crippen molar-refractivity contribution < 1.29 is 0 Å². The normalized spacial score (nSPS) is 23.6. The van der Waals surface area contributed by atoms with Crippen molar-refractivity contribution in [3.05, 3.63) is 190 Å². The number of fused-ring (bicyclic) bond motifs is 7. The fourth-order valence-corrected chi connectivity index (χ4v) is 15.2. The van der Waals surface area contributed by atoms with Gasteiger partial charge in [-0.25, -0.2) is 0 Å². The number of rotatable bonds is 5. The van der Waals surface area contributed by atoms with Gasteiger partial charge in [-0.2, -0.15) is 0 Å². The summed E-state index contributed by atoms with van der Waals surface area (Å²) >= 11 is 1.99. The van der Waals surface area contributed by atoms with Crippen LogP contribution in [0.15, 0.2) is 168 Å². The molecule has 5 heteroatoms. The van der Waals surface area contributed by atoms with E-state index in [-0.39, 0.29) is 45.6 Å². The van der Waals surface area contributed by atoms with Crippen molar-refractivity contribution in [2.24, 2.45) is 16.7 Å². The summed E-state index contributed by atoms with van der Waals surface area (Å²) < 4.78 is 1.37. The van der Waals surface area contributed by atoms with Crippen LogP contribution in [0.25, 0.3) is 10.1 Å². The lowest BCUT2D eigenvalue weighted by atomic mass is 9.27. The van der Waals surface area contributed by atoms with Gasteiger partial charge in [-0.05, 0) is 166 Å². The van der Waals surface area contributed by atoms with E-state index in [0.717, 1.165) is 6.42 Å². The van der Waals surface area contributed by atoms with Crippen molar-refractivity contribution in [2.45, 2.75) is 143 Å². The van der Waals surface area contributed by atoms with Crippen LogP contribution >= 0.6 is 11.3 Å². The van der Waals surface area contributed by atoms with Gasteiger partial charge in [-0.15, -0.1) is 11.3 Å². The molecule has 3 atom stereocenters. The zero-order valence-corrected chi connectivity index (χ0v) is 44.7. The molecule has 3 heterocycles. The lowest BCUT2D eigenvalue weighted by Crippen LogP contribution is -2.60. The monoisotopic (exact) mass is 938 g/mol. The first-order valence-corrected chi connectivity index (χ1v) is 27.2. The minimum atomic E-state index is 0.0181. The molecule has 1 saturated carbocycles. The van der Waals surface area contributed by atoms with Gasteiger partial charge in [0.1, 0.15) is 0 Å². The number of benzene rings is 5. The maximum absolute atomic E-state index is 2.91.